The van der Waals surface area contributed by atoms with Gasteiger partial charge in [0.2, 0.25) is 11.8 Å². The molecule has 2 amide bonds. The first-order chi connectivity index (χ1) is 62.1. The molecule has 5 atom stereocenters. The monoisotopic (exact) mass is 1950 g/mol. The zero-order valence-electron chi connectivity index (χ0n) is 70.6. The molecular formula is C90H79Cl6F8N11O17. The molecule has 0 spiro atoms. The second kappa shape index (κ2) is 43.9. The highest BCUT2D eigenvalue weighted by atomic mass is 35.5. The number of nitro groups is 3. The Balaban J connectivity index is 0.000000182. The molecule has 0 saturated carbocycles. The third kappa shape index (κ3) is 23.3. The van der Waals surface area contributed by atoms with Gasteiger partial charge >= 0.3 is 18.0 Å². The van der Waals surface area contributed by atoms with Gasteiger partial charge in [0.15, 0.2) is 0 Å². The number of hydrogen-bond donors (Lipinski definition) is 5. The Morgan fingerprint density at radius 3 is 0.977 bits per heavy atom. The van der Waals surface area contributed by atoms with Crippen LogP contribution in [0.4, 0.5) is 69.2 Å². The Morgan fingerprint density at radius 1 is 0.394 bits per heavy atom. The van der Waals surface area contributed by atoms with E-state index >= 15 is 0 Å². The lowest BCUT2D eigenvalue weighted by molar-refractivity contribution is -0.383. The number of nitrogen functional groups attached to an aromatic ring is 1. The molecule has 0 radical (unpaired) electrons. The fraction of sp³-hybridized carbons (Fsp3) is 0.244. The number of nitro benzene ring substituents is 3. The quantitative estimate of drug-likeness (QED) is 0.0217. The van der Waals surface area contributed by atoms with Gasteiger partial charge in [-0.3, -0.25) is 63.9 Å². The molecule has 6 aromatic heterocycles. The molecule has 0 unspecified atom stereocenters. The number of nitrogens with two attached hydrogens (primary N) is 1. The number of fused-ring (bicyclic) bond motifs is 6. The number of aromatic nitrogens is 5. The van der Waals surface area contributed by atoms with E-state index in [2.05, 4.69) is 22.0 Å². The fourth-order valence-corrected chi connectivity index (χ4v) is 14.9. The van der Waals surface area contributed by atoms with Crippen LogP contribution in [0.1, 0.15) is 127 Å². The highest BCUT2D eigenvalue weighted by Crippen LogP contribution is 2.39. The topological polar surface area (TPSA) is 394 Å². The van der Waals surface area contributed by atoms with Crippen molar-refractivity contribution in [2.24, 2.45) is 0 Å². The van der Waals surface area contributed by atoms with Crippen LogP contribution in [0, 0.1) is 42.0 Å². The van der Waals surface area contributed by atoms with Gasteiger partial charge in [-0.25, -0.2) is 13.6 Å². The van der Waals surface area contributed by atoms with Crippen LogP contribution in [-0.2, 0) is 34.8 Å². The van der Waals surface area contributed by atoms with Gasteiger partial charge in [0.1, 0.15) is 26.7 Å². The van der Waals surface area contributed by atoms with Gasteiger partial charge in [-0.15, -0.1) is 0 Å². The number of halogens is 14. The summed E-state index contributed by atoms with van der Waals surface area (Å²) >= 11 is 35.6. The molecule has 0 aliphatic rings. The molecular weight excluding hydrogens is 1870 g/mol. The van der Waals surface area contributed by atoms with Gasteiger partial charge < -0.3 is 53.8 Å². The number of rotatable bonds is 19. The summed E-state index contributed by atoms with van der Waals surface area (Å²) in [5.41, 5.74) is 1.04. The minimum absolute atomic E-state index is 0.00176. The Kier molecular flexibility index (Phi) is 34.2. The highest BCUT2D eigenvalue weighted by molar-refractivity contribution is 6.37. The Hall–Kier alpha value is -12.9. The molecule has 42 heteroatoms. The second-order valence-electron chi connectivity index (χ2n) is 29.8. The molecule has 694 valence electrons. The maximum absolute atomic E-state index is 13.5. The molecule has 132 heavy (non-hydrogen) atoms. The summed E-state index contributed by atoms with van der Waals surface area (Å²) in [5.74, 6) is -4.18. The second-order valence-corrected chi connectivity index (χ2v) is 32.2. The molecule has 0 saturated heterocycles. The first kappa shape index (κ1) is 103. The van der Waals surface area contributed by atoms with Crippen LogP contribution in [0.5, 0.6) is 0 Å². The number of hydrogen-bond acceptors (Lipinski definition) is 18. The summed E-state index contributed by atoms with van der Waals surface area (Å²) in [6, 6.07) is 31.2. The number of amides is 2. The summed E-state index contributed by atoms with van der Waals surface area (Å²) in [6.07, 6.45) is 0.778. The number of anilines is 3. The summed E-state index contributed by atoms with van der Waals surface area (Å²) in [4.78, 5) is 129. The van der Waals surface area contributed by atoms with Crippen molar-refractivity contribution >= 4 is 180 Å². The van der Waals surface area contributed by atoms with Crippen molar-refractivity contribution in [1.82, 2.24) is 22.8 Å². The van der Waals surface area contributed by atoms with Gasteiger partial charge in [0.05, 0.1) is 135 Å². The van der Waals surface area contributed by atoms with E-state index in [9.17, 15) is 109 Å². The SMILES string of the molecule is CC[C@@H](C)n1ccc2c(N)c(Cl)ccc2c1=O.CC[C@@H](C)n1ccc2c(NC(=O)Cc3ccc(F)c(C(F)(F)F)c3)c(Cl)ccc2c1=O.CC[C@@H](C)n1ccc2c([N+](=O)[O-])c(Cl)ccc2c1=O.C[C@H](CO)n1ccc2c(NC(=O)Cc3ccc(F)c(C(F)(F)F)c3)c(Cl)ccc2c1=O.C[C@H](CO)n1ccc2c([N+](=O)[O-])c(Cl)ccc2c1=O.O=c1occc2c([N+](=O)[O-])c(Cl)ccc12. The van der Waals surface area contributed by atoms with Crippen LogP contribution in [0.25, 0.3) is 64.6 Å². The van der Waals surface area contributed by atoms with E-state index < -0.39 is 97.8 Å². The smallest absolute Gasteiger partial charge is 0.419 e. The summed E-state index contributed by atoms with van der Waals surface area (Å²) in [5, 5.41) is 61.1. The van der Waals surface area contributed by atoms with E-state index in [1.165, 1.54) is 88.3 Å². The number of nitrogens with one attached hydrogen (secondary N) is 2. The largest absolute Gasteiger partial charge is 0.431 e. The lowest BCUT2D eigenvalue weighted by Gasteiger charge is -2.16. The standard InChI is InChI=1S/C22H19ClF4N2O2.C21H17ClF4N2O3.C13H13ClN2O3.C13H15ClN2O.C12H11ClN2O4.C9H4ClNO4/c1-3-12(2)29-9-8-14-15(21(29)31)5-6-17(23)20(14)28-19(30)11-13-4-7-18(24)16(10-13)22(25,26)27;1-11(10-29)28-7-6-13-14(20(28)31)3-4-16(22)19(13)27-18(30)9-12-2-5-17(23)15(8-12)21(24,25)26;1-3-8(2)15-7-6-9-10(13(15)17)4-5-11(14)12(9)16(18)19;1-3-8(2)16-7-6-9-10(13(16)17)4-5-11(14)12(9)15;1-7(6-16)14-5-4-8-9(12(14)17)2-3-10(13)11(8)15(18)19;10-7-2-1-6-5(8(7)11(13)14)3-4-15-9(6)12/h4-10,12H,3,11H2,1-2H3,(H,28,30);2-8,11,29H,9-10H2,1H3,(H,27,30);4-8H,3H2,1-2H3;4-8H,3,15H2,1-2H3;2-5,7,16H,6H2,1H3;1-4H/t12-;11-;2*8-;7-;/m11111./s1. The van der Waals surface area contributed by atoms with Gasteiger partial charge in [-0.1, -0.05) is 103 Å². The maximum atomic E-state index is 13.5. The lowest BCUT2D eigenvalue weighted by atomic mass is 10.1. The molecule has 14 aromatic rings. The number of pyridine rings is 5. The van der Waals surface area contributed by atoms with E-state index in [4.69, 9.17) is 80.4 Å². The van der Waals surface area contributed by atoms with Crippen LogP contribution >= 0.6 is 69.6 Å². The van der Waals surface area contributed by atoms with Crippen molar-refractivity contribution < 1.29 is 74.1 Å². The molecule has 0 bridgehead atoms. The number of benzene rings is 8. The number of nitrogens with zero attached hydrogens (tertiary/aromatic N) is 8. The zero-order valence-corrected chi connectivity index (χ0v) is 75.2. The van der Waals surface area contributed by atoms with Crippen LogP contribution in [0.15, 0.2) is 216 Å². The average Bonchev–Trinajstić information content (AvgIpc) is 0.808. The van der Waals surface area contributed by atoms with Crippen molar-refractivity contribution in [3.05, 3.63) is 339 Å². The first-order valence-corrected chi connectivity index (χ1v) is 42.0. The summed E-state index contributed by atoms with van der Waals surface area (Å²) in [6.45, 7) is 14.7. The number of carbonyl (C=O) groups excluding carboxylic acids is 2. The predicted molar refractivity (Wildman–Crippen MR) is 494 cm³/mol. The van der Waals surface area contributed by atoms with Crippen LogP contribution < -0.4 is 49.8 Å². The number of aliphatic hydroxyl groups is 2. The zero-order chi connectivity index (χ0) is 97.7. The van der Waals surface area contributed by atoms with Crippen molar-refractivity contribution in [1.29, 1.82) is 0 Å². The van der Waals surface area contributed by atoms with Crippen LogP contribution in [-0.4, -0.2) is 72.8 Å². The summed E-state index contributed by atoms with van der Waals surface area (Å²) < 4.78 is 116. The molecule has 6 heterocycles. The number of aliphatic hydroxyl groups excluding tert-OH is 2. The first-order valence-electron chi connectivity index (χ1n) is 39.7. The van der Waals surface area contributed by atoms with Crippen molar-refractivity contribution in [3.8, 4) is 0 Å². The van der Waals surface area contributed by atoms with Gasteiger partial charge in [-0.2, -0.15) is 26.3 Å². The van der Waals surface area contributed by atoms with Crippen molar-refractivity contribution in [3.63, 3.8) is 0 Å². The molecule has 28 nitrogen and oxygen atoms in total. The fourth-order valence-electron chi connectivity index (χ4n) is 13.6. The van der Waals surface area contributed by atoms with Crippen molar-refractivity contribution in [2.75, 3.05) is 29.6 Å². The molecule has 8 aromatic carbocycles. The van der Waals surface area contributed by atoms with E-state index in [-0.39, 0.29) is 151 Å². The minimum atomic E-state index is -4.89. The molecule has 0 aliphatic carbocycles. The van der Waals surface area contributed by atoms with Crippen LogP contribution in [0.2, 0.25) is 30.1 Å². The molecule has 0 aliphatic heterocycles. The van der Waals surface area contributed by atoms with E-state index in [1.54, 1.807) is 82.5 Å². The van der Waals surface area contributed by atoms with E-state index in [0.717, 1.165) is 43.0 Å². The Bertz CT molecular complexity index is 6900. The normalized spacial score (nSPS) is 12.5. The lowest BCUT2D eigenvalue weighted by Crippen LogP contribution is -2.25. The van der Waals surface area contributed by atoms with Crippen LogP contribution in [0.3, 0.4) is 0 Å². The average molecular weight is 1950 g/mol. The minimum Gasteiger partial charge on any atom is -0.431 e. The Labute approximate surface area is 771 Å². The van der Waals surface area contributed by atoms with E-state index in [1.807, 2.05) is 40.7 Å². The number of carbonyl (C=O) groups is 2. The maximum Gasteiger partial charge on any atom is 0.419 e. The molecule has 6 N–H and O–H groups in total. The molecule has 14 rings (SSSR count). The van der Waals surface area contributed by atoms with Gasteiger partial charge in [0, 0.05) is 81.4 Å². The predicted octanol–water partition coefficient (Wildman–Crippen LogP) is 21.7. The van der Waals surface area contributed by atoms with E-state index in [0.29, 0.717) is 61.9 Å². The Morgan fingerprint density at radius 2 is 0.667 bits per heavy atom. The number of alkyl halides is 6. The highest BCUT2D eigenvalue weighted by Gasteiger charge is 2.36. The van der Waals surface area contributed by atoms with Crippen molar-refractivity contribution in [2.45, 2.75) is 130 Å². The third-order valence-electron chi connectivity index (χ3n) is 21.2. The van der Waals surface area contributed by atoms with Gasteiger partial charge in [-0.05, 0) is 198 Å². The summed E-state index contributed by atoms with van der Waals surface area (Å²) in [7, 11) is 0. The molecule has 0 fully saturated rings. The third-order valence-corrected chi connectivity index (χ3v) is 23.1. The van der Waals surface area contributed by atoms with Gasteiger partial charge in [0.25, 0.3) is 44.9 Å².